The van der Waals surface area contributed by atoms with Gasteiger partial charge in [0.25, 0.3) is 5.91 Å². The quantitative estimate of drug-likeness (QED) is 0.654. The number of hydrogen-bond donors (Lipinski definition) is 1. The summed E-state index contributed by atoms with van der Waals surface area (Å²) in [5, 5.41) is 0. The molecule has 0 saturated carbocycles. The highest BCUT2D eigenvalue weighted by Gasteiger charge is 2.11. The molecule has 0 spiro atoms. The molecule has 104 valence electrons. The molecule has 0 unspecified atom stereocenters. The number of halogens is 1. The third-order valence-electron chi connectivity index (χ3n) is 2.69. The van der Waals surface area contributed by atoms with Crippen LogP contribution in [0.25, 0.3) is 0 Å². The van der Waals surface area contributed by atoms with Gasteiger partial charge >= 0.3 is 0 Å². The monoisotopic (exact) mass is 382 g/mol. The Morgan fingerprint density at radius 3 is 2.55 bits per heavy atom. The first-order valence-electron chi connectivity index (χ1n) is 6.02. The highest BCUT2D eigenvalue weighted by atomic mass is 127. The molecule has 0 bridgehead atoms. The van der Waals surface area contributed by atoms with E-state index in [0.29, 0.717) is 17.0 Å². The maximum absolute atomic E-state index is 11.8. The van der Waals surface area contributed by atoms with Crippen LogP contribution in [-0.2, 0) is 0 Å². The summed E-state index contributed by atoms with van der Waals surface area (Å²) in [5.74, 6) is 1.18. The molecule has 2 aromatic carbocycles. The number of nitrogens with two attached hydrogens (primary N) is 1. The lowest BCUT2D eigenvalue weighted by Crippen LogP contribution is -2.21. The number of nitrogen functional groups attached to an aromatic ring is 1. The average Bonchev–Trinajstić information content (AvgIpc) is 2.40. The lowest BCUT2D eigenvalue weighted by molar-refractivity contribution is 0.0827. The van der Waals surface area contributed by atoms with Gasteiger partial charge in [-0.15, -0.1) is 0 Å². The molecule has 2 N–H and O–H groups in total. The van der Waals surface area contributed by atoms with E-state index < -0.39 is 0 Å². The number of hydrogen-bond acceptors (Lipinski definition) is 3. The van der Waals surface area contributed by atoms with Crippen molar-refractivity contribution in [1.29, 1.82) is 0 Å². The Kier molecular flexibility index (Phi) is 4.49. The Morgan fingerprint density at radius 1 is 1.20 bits per heavy atom. The van der Waals surface area contributed by atoms with Crippen molar-refractivity contribution >= 4 is 34.2 Å². The molecule has 1 amide bonds. The van der Waals surface area contributed by atoms with Crippen molar-refractivity contribution in [2.45, 2.75) is 0 Å². The number of carbonyl (C=O) groups is 1. The molecule has 0 aliphatic carbocycles. The van der Waals surface area contributed by atoms with Gasteiger partial charge in [0.15, 0.2) is 0 Å². The molecule has 0 atom stereocenters. The molecule has 0 aliphatic rings. The van der Waals surface area contributed by atoms with Crippen molar-refractivity contribution in [2.24, 2.45) is 0 Å². The Balaban J connectivity index is 2.24. The molecule has 4 nitrogen and oxygen atoms in total. The maximum atomic E-state index is 11.8. The zero-order valence-electron chi connectivity index (χ0n) is 11.3. The minimum Gasteiger partial charge on any atom is -0.455 e. The smallest absolute Gasteiger partial charge is 0.253 e. The van der Waals surface area contributed by atoms with E-state index in [1.807, 2.05) is 24.3 Å². The third-order valence-corrected chi connectivity index (χ3v) is 3.36. The third kappa shape index (κ3) is 3.41. The number of ether oxygens (including phenoxy) is 1. The molecule has 0 fully saturated rings. The van der Waals surface area contributed by atoms with Gasteiger partial charge in [-0.3, -0.25) is 4.79 Å². The standard InChI is InChI=1S/C15H15IN2O2/c1-18(2)15(19)10-6-7-14(13(17)8-10)20-12-5-3-4-11(16)9-12/h3-9H,17H2,1-2H3. The topological polar surface area (TPSA) is 55.6 Å². The Morgan fingerprint density at radius 2 is 1.95 bits per heavy atom. The van der Waals surface area contributed by atoms with Crippen molar-refractivity contribution in [1.82, 2.24) is 4.90 Å². The van der Waals surface area contributed by atoms with Gasteiger partial charge in [-0.25, -0.2) is 0 Å². The lowest BCUT2D eigenvalue weighted by atomic mass is 10.1. The molecule has 5 heteroatoms. The van der Waals surface area contributed by atoms with Crippen LogP contribution in [0.2, 0.25) is 0 Å². The molecule has 0 aliphatic heterocycles. The van der Waals surface area contributed by atoms with Crippen LogP contribution < -0.4 is 10.5 Å². The average molecular weight is 382 g/mol. The molecule has 0 saturated heterocycles. The number of carbonyl (C=O) groups excluding carboxylic acids is 1. The Bertz CT molecular complexity index is 642. The fourth-order valence-electron chi connectivity index (χ4n) is 1.69. The van der Waals surface area contributed by atoms with Crippen LogP contribution in [0.4, 0.5) is 5.69 Å². The van der Waals surface area contributed by atoms with E-state index in [4.69, 9.17) is 10.5 Å². The van der Waals surface area contributed by atoms with Crippen molar-refractivity contribution in [3.05, 3.63) is 51.6 Å². The molecule has 2 rings (SSSR count). The van der Waals surface area contributed by atoms with E-state index in [1.165, 1.54) is 4.90 Å². The first-order valence-corrected chi connectivity index (χ1v) is 7.10. The van der Waals surface area contributed by atoms with Gasteiger partial charge in [0, 0.05) is 23.2 Å². The maximum Gasteiger partial charge on any atom is 0.253 e. The highest BCUT2D eigenvalue weighted by Crippen LogP contribution is 2.29. The van der Waals surface area contributed by atoms with Crippen LogP contribution >= 0.6 is 22.6 Å². The SMILES string of the molecule is CN(C)C(=O)c1ccc(Oc2cccc(I)c2)c(N)c1. The van der Waals surface area contributed by atoms with E-state index in [-0.39, 0.29) is 5.91 Å². The van der Waals surface area contributed by atoms with Gasteiger partial charge < -0.3 is 15.4 Å². The van der Waals surface area contributed by atoms with Gasteiger partial charge in [0.1, 0.15) is 11.5 Å². The van der Waals surface area contributed by atoms with Gasteiger partial charge in [0.2, 0.25) is 0 Å². The summed E-state index contributed by atoms with van der Waals surface area (Å²) in [6.45, 7) is 0. The lowest BCUT2D eigenvalue weighted by Gasteiger charge is -2.13. The van der Waals surface area contributed by atoms with Crippen molar-refractivity contribution in [2.75, 3.05) is 19.8 Å². The number of nitrogens with zero attached hydrogens (tertiary/aromatic N) is 1. The second-order valence-electron chi connectivity index (χ2n) is 4.51. The minimum atomic E-state index is -0.0856. The summed E-state index contributed by atoms with van der Waals surface area (Å²) in [6.07, 6.45) is 0. The van der Waals surface area contributed by atoms with E-state index in [9.17, 15) is 4.79 Å². The van der Waals surface area contributed by atoms with Crippen LogP contribution in [0, 0.1) is 3.57 Å². The highest BCUT2D eigenvalue weighted by molar-refractivity contribution is 14.1. The fourth-order valence-corrected chi connectivity index (χ4v) is 2.20. The fraction of sp³-hybridized carbons (Fsp3) is 0.133. The van der Waals surface area contributed by atoms with Gasteiger partial charge in [-0.05, 0) is 59.0 Å². The summed E-state index contributed by atoms with van der Waals surface area (Å²) in [4.78, 5) is 13.3. The predicted molar refractivity (Wildman–Crippen MR) is 88.1 cm³/mol. The molecular weight excluding hydrogens is 367 g/mol. The second-order valence-corrected chi connectivity index (χ2v) is 5.76. The number of benzene rings is 2. The van der Waals surface area contributed by atoms with Crippen molar-refractivity contribution < 1.29 is 9.53 Å². The number of anilines is 1. The second kappa shape index (κ2) is 6.13. The summed E-state index contributed by atoms with van der Waals surface area (Å²) in [5.41, 5.74) is 6.93. The molecule has 2 aromatic rings. The zero-order chi connectivity index (χ0) is 14.7. The van der Waals surface area contributed by atoms with Crippen molar-refractivity contribution in [3.8, 4) is 11.5 Å². The van der Waals surface area contributed by atoms with Crippen LogP contribution in [-0.4, -0.2) is 24.9 Å². The van der Waals surface area contributed by atoms with Crippen LogP contribution in [0.5, 0.6) is 11.5 Å². The Labute approximate surface area is 131 Å². The Hall–Kier alpha value is -1.76. The summed E-state index contributed by atoms with van der Waals surface area (Å²) in [7, 11) is 3.41. The number of rotatable bonds is 3. The van der Waals surface area contributed by atoms with Crippen LogP contribution in [0.15, 0.2) is 42.5 Å². The van der Waals surface area contributed by atoms with Crippen LogP contribution in [0.3, 0.4) is 0 Å². The molecule has 20 heavy (non-hydrogen) atoms. The van der Waals surface area contributed by atoms with E-state index >= 15 is 0 Å². The van der Waals surface area contributed by atoms with Gasteiger partial charge in [0.05, 0.1) is 5.69 Å². The first-order chi connectivity index (χ1) is 9.47. The first kappa shape index (κ1) is 14.6. The normalized spacial score (nSPS) is 10.2. The van der Waals surface area contributed by atoms with E-state index in [2.05, 4.69) is 22.6 Å². The molecule has 0 radical (unpaired) electrons. The van der Waals surface area contributed by atoms with E-state index in [1.54, 1.807) is 32.3 Å². The summed E-state index contributed by atoms with van der Waals surface area (Å²) >= 11 is 2.22. The molecule has 0 aromatic heterocycles. The predicted octanol–water partition coefficient (Wildman–Crippen LogP) is 3.37. The molecule has 0 heterocycles. The summed E-state index contributed by atoms with van der Waals surface area (Å²) < 4.78 is 6.81. The van der Waals surface area contributed by atoms with Crippen LogP contribution in [0.1, 0.15) is 10.4 Å². The largest absolute Gasteiger partial charge is 0.455 e. The zero-order valence-corrected chi connectivity index (χ0v) is 13.4. The van der Waals surface area contributed by atoms with Gasteiger partial charge in [-0.2, -0.15) is 0 Å². The molecular formula is C15H15IN2O2. The summed E-state index contributed by atoms with van der Waals surface area (Å²) in [6, 6.07) is 12.7. The van der Waals surface area contributed by atoms with Gasteiger partial charge in [-0.1, -0.05) is 6.07 Å². The number of amides is 1. The minimum absolute atomic E-state index is 0.0856. The van der Waals surface area contributed by atoms with Crippen molar-refractivity contribution in [3.63, 3.8) is 0 Å². The van der Waals surface area contributed by atoms with E-state index in [0.717, 1.165) is 9.32 Å².